The first-order chi connectivity index (χ1) is 10.3. The largest absolute Gasteiger partial charge is 0.449 e. The Morgan fingerprint density at radius 2 is 2.09 bits per heavy atom. The molecule has 1 aromatic carbocycles. The molecule has 0 saturated carbocycles. The number of benzene rings is 1. The zero-order chi connectivity index (χ0) is 16.3. The zero-order valence-corrected chi connectivity index (χ0v) is 11.9. The van der Waals surface area contributed by atoms with Crippen molar-refractivity contribution in [2.75, 3.05) is 13.2 Å². The lowest BCUT2D eigenvalue weighted by Crippen LogP contribution is -2.33. The molecule has 0 fully saturated rings. The Hall–Kier alpha value is -2.09. The van der Waals surface area contributed by atoms with Crippen molar-refractivity contribution in [2.24, 2.45) is 5.92 Å². The maximum absolute atomic E-state index is 13.1. The predicted octanol–water partition coefficient (Wildman–Crippen LogP) is 1.80. The van der Waals surface area contributed by atoms with Crippen LogP contribution in [0.15, 0.2) is 24.3 Å². The molecule has 1 atom stereocenters. The Kier molecular flexibility index (Phi) is 4.70. The van der Waals surface area contributed by atoms with Crippen molar-refractivity contribution in [1.29, 1.82) is 0 Å². The van der Waals surface area contributed by atoms with Gasteiger partial charge in [0, 0.05) is 13.2 Å². The molecule has 1 heterocycles. The van der Waals surface area contributed by atoms with E-state index in [-0.39, 0.29) is 30.1 Å². The van der Waals surface area contributed by atoms with Crippen LogP contribution in [0.25, 0.3) is 11.0 Å². The fourth-order valence-electron chi connectivity index (χ4n) is 2.00. The summed E-state index contributed by atoms with van der Waals surface area (Å²) in [7, 11) is 0. The number of para-hydroxylation sites is 2. The average molecular weight is 315 g/mol. The monoisotopic (exact) mass is 315 g/mol. The molecule has 5 nitrogen and oxygen atoms in total. The quantitative estimate of drug-likeness (QED) is 0.884. The number of hydrogen-bond donors (Lipinski definition) is 2. The van der Waals surface area contributed by atoms with Crippen LogP contribution in [0, 0.1) is 5.92 Å². The van der Waals surface area contributed by atoms with Crippen LogP contribution < -0.4 is 5.32 Å². The summed E-state index contributed by atoms with van der Waals surface area (Å²) in [6, 6.07) is 6.13. The highest BCUT2D eigenvalue weighted by atomic mass is 19.4. The number of aliphatic hydroxyl groups excluding tert-OH is 1. The molecule has 2 N–H and O–H groups in total. The number of nitrogens with one attached hydrogen (secondary N) is 1. The van der Waals surface area contributed by atoms with E-state index in [1.54, 1.807) is 19.1 Å². The smallest absolute Gasteiger partial charge is 0.396 e. The number of aliphatic hydroxyl groups is 1. The highest BCUT2D eigenvalue weighted by Gasteiger charge is 2.37. The average Bonchev–Trinajstić information content (AvgIpc) is 2.84. The Morgan fingerprint density at radius 1 is 1.41 bits per heavy atom. The van der Waals surface area contributed by atoms with Gasteiger partial charge in [-0.05, 0) is 18.1 Å². The van der Waals surface area contributed by atoms with Crippen molar-refractivity contribution in [3.63, 3.8) is 0 Å². The fourth-order valence-corrected chi connectivity index (χ4v) is 2.00. The molecule has 0 spiro atoms. The third-order valence-corrected chi connectivity index (χ3v) is 3.17. The van der Waals surface area contributed by atoms with Gasteiger partial charge >= 0.3 is 6.18 Å². The van der Waals surface area contributed by atoms with Gasteiger partial charge in [0.2, 0.25) is 11.7 Å². The molecule has 0 aliphatic carbocycles. The van der Waals surface area contributed by atoms with Crippen molar-refractivity contribution in [3.8, 4) is 0 Å². The highest BCUT2D eigenvalue weighted by molar-refractivity contribution is 5.81. The fraction of sp³-hybridized carbons (Fsp3) is 0.429. The predicted molar refractivity (Wildman–Crippen MR) is 74.0 cm³/mol. The highest BCUT2D eigenvalue weighted by Crippen LogP contribution is 2.31. The summed E-state index contributed by atoms with van der Waals surface area (Å²) in [5, 5.41) is 11.4. The van der Waals surface area contributed by atoms with Crippen molar-refractivity contribution >= 4 is 16.9 Å². The number of imidazole rings is 1. The van der Waals surface area contributed by atoms with Crippen LogP contribution >= 0.6 is 0 Å². The second kappa shape index (κ2) is 6.35. The van der Waals surface area contributed by atoms with E-state index in [1.165, 1.54) is 12.1 Å². The Bertz CT molecular complexity index is 667. The maximum Gasteiger partial charge on any atom is 0.449 e. The zero-order valence-electron chi connectivity index (χ0n) is 11.9. The summed E-state index contributed by atoms with van der Waals surface area (Å²) in [5.74, 6) is -1.82. The summed E-state index contributed by atoms with van der Waals surface area (Å²) < 4.78 is 40.0. The molecule has 2 rings (SSSR count). The van der Waals surface area contributed by atoms with Gasteiger partial charge in [-0.2, -0.15) is 13.2 Å². The topological polar surface area (TPSA) is 67.2 Å². The summed E-state index contributed by atoms with van der Waals surface area (Å²) in [5.41, 5.74) is 0.437. The minimum Gasteiger partial charge on any atom is -0.396 e. The van der Waals surface area contributed by atoms with Crippen LogP contribution in [0.3, 0.4) is 0 Å². The van der Waals surface area contributed by atoms with Crippen LogP contribution in [-0.2, 0) is 17.5 Å². The first kappa shape index (κ1) is 16.3. The van der Waals surface area contributed by atoms with Crippen molar-refractivity contribution in [2.45, 2.75) is 19.6 Å². The van der Waals surface area contributed by atoms with Crippen LogP contribution in [-0.4, -0.2) is 33.7 Å². The normalized spacial score (nSPS) is 13.3. The summed E-state index contributed by atoms with van der Waals surface area (Å²) in [6.45, 7) is 1.33. The molecule has 1 aromatic heterocycles. The first-order valence-electron chi connectivity index (χ1n) is 6.73. The van der Waals surface area contributed by atoms with Gasteiger partial charge in [-0.15, -0.1) is 0 Å². The molecule has 0 saturated heterocycles. The molecule has 22 heavy (non-hydrogen) atoms. The maximum atomic E-state index is 13.1. The van der Waals surface area contributed by atoms with E-state index in [1.807, 2.05) is 0 Å². The van der Waals surface area contributed by atoms with E-state index in [9.17, 15) is 18.0 Å². The summed E-state index contributed by atoms with van der Waals surface area (Å²) in [4.78, 5) is 15.4. The van der Waals surface area contributed by atoms with Crippen LogP contribution in [0.4, 0.5) is 13.2 Å². The van der Waals surface area contributed by atoms with Gasteiger partial charge in [0.15, 0.2) is 0 Å². The number of hydrogen-bond acceptors (Lipinski definition) is 3. The number of nitrogens with zero attached hydrogens (tertiary/aromatic N) is 2. The Labute approximate surface area is 124 Å². The standard InChI is InChI=1S/C14H16F3N3O2/c1-9(8-21)6-18-12(22)7-20-11-5-3-2-4-10(11)19-13(20)14(15,16)17/h2-5,9,21H,6-8H2,1H3,(H,18,22). The lowest BCUT2D eigenvalue weighted by molar-refractivity contribution is -0.147. The number of amides is 1. The number of aromatic nitrogens is 2. The van der Waals surface area contributed by atoms with Crippen LogP contribution in [0.5, 0.6) is 0 Å². The second-order valence-corrected chi connectivity index (χ2v) is 5.10. The van der Waals surface area contributed by atoms with Gasteiger partial charge in [-0.3, -0.25) is 4.79 Å². The van der Waals surface area contributed by atoms with Gasteiger partial charge in [-0.25, -0.2) is 4.98 Å². The van der Waals surface area contributed by atoms with Crippen molar-refractivity contribution in [1.82, 2.24) is 14.9 Å². The minimum absolute atomic E-state index is 0.109. The van der Waals surface area contributed by atoms with Gasteiger partial charge in [0.25, 0.3) is 0 Å². The Balaban J connectivity index is 2.27. The third kappa shape index (κ3) is 3.56. The SMILES string of the molecule is CC(CO)CNC(=O)Cn1c(C(F)(F)F)nc2ccccc21. The van der Waals surface area contributed by atoms with Gasteiger partial charge < -0.3 is 15.0 Å². The van der Waals surface area contributed by atoms with Gasteiger partial charge in [0.05, 0.1) is 11.0 Å². The van der Waals surface area contributed by atoms with Crippen molar-refractivity contribution < 1.29 is 23.1 Å². The van der Waals surface area contributed by atoms with Crippen LogP contribution in [0.1, 0.15) is 12.7 Å². The van der Waals surface area contributed by atoms with Crippen LogP contribution in [0.2, 0.25) is 0 Å². The number of fused-ring (bicyclic) bond motifs is 1. The number of carbonyl (C=O) groups excluding carboxylic acids is 1. The third-order valence-electron chi connectivity index (χ3n) is 3.17. The van der Waals surface area contributed by atoms with E-state index < -0.39 is 24.5 Å². The molecular formula is C14H16F3N3O2. The number of rotatable bonds is 5. The molecule has 1 unspecified atom stereocenters. The number of alkyl halides is 3. The summed E-state index contributed by atoms with van der Waals surface area (Å²) in [6.07, 6.45) is -4.64. The molecule has 120 valence electrons. The molecule has 8 heteroatoms. The summed E-state index contributed by atoms with van der Waals surface area (Å²) >= 11 is 0. The Morgan fingerprint density at radius 3 is 2.73 bits per heavy atom. The van der Waals surface area contributed by atoms with E-state index in [2.05, 4.69) is 10.3 Å². The van der Waals surface area contributed by atoms with Gasteiger partial charge in [0.1, 0.15) is 6.54 Å². The van der Waals surface area contributed by atoms with E-state index in [0.717, 1.165) is 4.57 Å². The molecule has 0 bridgehead atoms. The van der Waals surface area contributed by atoms with E-state index >= 15 is 0 Å². The minimum atomic E-state index is -4.64. The molecular weight excluding hydrogens is 299 g/mol. The number of halogens is 3. The molecule has 2 aromatic rings. The second-order valence-electron chi connectivity index (χ2n) is 5.10. The first-order valence-corrected chi connectivity index (χ1v) is 6.73. The molecule has 0 radical (unpaired) electrons. The molecule has 0 aliphatic rings. The molecule has 1 amide bonds. The molecule has 0 aliphatic heterocycles. The van der Waals surface area contributed by atoms with E-state index in [4.69, 9.17) is 5.11 Å². The number of carbonyl (C=O) groups is 1. The van der Waals surface area contributed by atoms with Crippen molar-refractivity contribution in [3.05, 3.63) is 30.1 Å². The lowest BCUT2D eigenvalue weighted by atomic mass is 10.2. The lowest BCUT2D eigenvalue weighted by Gasteiger charge is -2.13. The van der Waals surface area contributed by atoms with E-state index in [0.29, 0.717) is 0 Å². The van der Waals surface area contributed by atoms with Gasteiger partial charge in [-0.1, -0.05) is 19.1 Å².